The van der Waals surface area contributed by atoms with E-state index < -0.39 is 11.6 Å². The summed E-state index contributed by atoms with van der Waals surface area (Å²) in [5.74, 6) is -1.65. The molecule has 0 aliphatic carbocycles. The maximum absolute atomic E-state index is 13.6. The first-order chi connectivity index (χ1) is 11.5. The van der Waals surface area contributed by atoms with Crippen molar-refractivity contribution < 1.29 is 19.0 Å². The largest absolute Gasteiger partial charge is 0.477 e. The number of carbonyl (C=O) groups is 1. The Morgan fingerprint density at radius 2 is 1.50 bits per heavy atom. The van der Waals surface area contributed by atoms with Crippen LogP contribution in [0.3, 0.4) is 0 Å². The predicted molar refractivity (Wildman–Crippen MR) is 94.1 cm³/mol. The van der Waals surface area contributed by atoms with Crippen molar-refractivity contribution in [2.45, 2.75) is 18.7 Å². The summed E-state index contributed by atoms with van der Waals surface area (Å²) in [6, 6.07) is 19.8. The molecule has 0 aromatic heterocycles. The molecule has 2 rings (SSSR count). The highest BCUT2D eigenvalue weighted by atomic mass is 31.0. The number of ether oxygens (including phenoxy) is 1. The maximum atomic E-state index is 13.6. The molecule has 0 aliphatic rings. The Balaban J connectivity index is 1.98. The molecule has 6 heteroatoms. The van der Waals surface area contributed by atoms with Crippen LogP contribution in [0, 0.1) is 0 Å². The fourth-order valence-corrected chi connectivity index (χ4v) is 2.40. The van der Waals surface area contributed by atoms with Gasteiger partial charge in [0, 0.05) is 19.6 Å². The molecule has 2 unspecified atom stereocenters. The van der Waals surface area contributed by atoms with Crippen molar-refractivity contribution in [3.63, 3.8) is 0 Å². The van der Waals surface area contributed by atoms with Crippen LogP contribution in [0.5, 0.6) is 0 Å². The van der Waals surface area contributed by atoms with Gasteiger partial charge < -0.3 is 9.84 Å². The first-order valence-corrected chi connectivity index (χ1v) is 8.20. The van der Waals surface area contributed by atoms with E-state index >= 15 is 0 Å². The van der Waals surface area contributed by atoms with Gasteiger partial charge in [0.05, 0.1) is 6.61 Å². The fraction of sp³-hybridized carbons (Fsp3) is 0.278. The van der Waals surface area contributed by atoms with Crippen LogP contribution in [0.25, 0.3) is 0 Å². The zero-order valence-corrected chi connectivity index (χ0v) is 14.4. The molecule has 0 radical (unpaired) electrons. The van der Waals surface area contributed by atoms with Gasteiger partial charge in [0.2, 0.25) is 0 Å². The van der Waals surface area contributed by atoms with Crippen molar-refractivity contribution in [2.24, 2.45) is 0 Å². The van der Waals surface area contributed by atoms with Gasteiger partial charge in [-0.25, -0.2) is 4.79 Å². The second kappa shape index (κ2) is 8.88. The predicted octanol–water partition coefficient (Wildman–Crippen LogP) is 3.29. The van der Waals surface area contributed by atoms with Crippen LogP contribution in [0.1, 0.15) is 11.1 Å². The summed E-state index contributed by atoms with van der Waals surface area (Å²) in [7, 11) is 1.58. The highest BCUT2D eigenvalue weighted by molar-refractivity contribution is 7.20. The zero-order chi connectivity index (χ0) is 17.4. The lowest BCUT2D eigenvalue weighted by Gasteiger charge is -2.24. The van der Waals surface area contributed by atoms with E-state index in [4.69, 9.17) is 9.84 Å². The summed E-state index contributed by atoms with van der Waals surface area (Å²) < 4.78 is 18.5. The molecule has 0 bridgehead atoms. The molecule has 0 spiro atoms. The van der Waals surface area contributed by atoms with Crippen molar-refractivity contribution in [2.75, 3.05) is 13.2 Å². The minimum absolute atomic E-state index is 0.0219. The molecule has 4 nitrogen and oxygen atoms in total. The van der Waals surface area contributed by atoms with Gasteiger partial charge in [-0.05, 0) is 11.1 Å². The number of rotatable bonds is 9. The van der Waals surface area contributed by atoms with Crippen LogP contribution >= 0.6 is 9.24 Å². The zero-order valence-electron chi connectivity index (χ0n) is 13.3. The van der Waals surface area contributed by atoms with E-state index in [-0.39, 0.29) is 6.61 Å². The van der Waals surface area contributed by atoms with Gasteiger partial charge in [-0.1, -0.05) is 69.9 Å². The number of carboxylic acids is 1. The van der Waals surface area contributed by atoms with Crippen LogP contribution in [-0.2, 0) is 22.6 Å². The summed E-state index contributed by atoms with van der Waals surface area (Å²) in [6.45, 7) is 1.73. The van der Waals surface area contributed by atoms with E-state index in [1.54, 1.807) is 9.24 Å². The number of benzene rings is 2. The van der Waals surface area contributed by atoms with E-state index in [1.807, 2.05) is 60.7 Å². The van der Waals surface area contributed by atoms with Crippen LogP contribution in [0.2, 0.25) is 0 Å². The highest BCUT2D eigenvalue weighted by Gasteiger charge is 2.34. The van der Waals surface area contributed by atoms with Crippen LogP contribution in [0.15, 0.2) is 60.7 Å². The lowest BCUT2D eigenvalue weighted by atomic mass is 10.1. The Bertz CT molecular complexity index is 596. The standard InChI is InChI=1S/C18H21FNO3P/c19-18(24,17(21)22)23-12-11-20(13-15-7-3-1-4-8-15)14-16-9-5-2-6-10-16/h1-10H,11-14,24H2,(H,21,22). The lowest BCUT2D eigenvalue weighted by molar-refractivity contribution is -0.171. The minimum atomic E-state index is -2.74. The molecular formula is C18H21FNO3P. The fourth-order valence-electron chi connectivity index (χ4n) is 2.28. The van der Waals surface area contributed by atoms with Crippen molar-refractivity contribution in [1.82, 2.24) is 4.90 Å². The highest BCUT2D eigenvalue weighted by Crippen LogP contribution is 2.22. The molecule has 2 aromatic carbocycles. The molecule has 24 heavy (non-hydrogen) atoms. The van der Waals surface area contributed by atoms with Crippen molar-refractivity contribution in [3.05, 3.63) is 71.8 Å². The molecule has 0 saturated carbocycles. The second-order valence-electron chi connectivity index (χ2n) is 5.48. The smallest absolute Gasteiger partial charge is 0.373 e. The van der Waals surface area contributed by atoms with Crippen LogP contribution in [-0.4, -0.2) is 34.7 Å². The van der Waals surface area contributed by atoms with Gasteiger partial charge in [-0.3, -0.25) is 4.90 Å². The molecule has 128 valence electrons. The summed E-state index contributed by atoms with van der Waals surface area (Å²) in [6.07, 6.45) is 0. The maximum Gasteiger partial charge on any atom is 0.373 e. The first kappa shape index (κ1) is 18.5. The molecule has 0 fully saturated rings. The summed E-state index contributed by atoms with van der Waals surface area (Å²) in [5, 5.41) is 8.74. The third-order valence-corrected chi connectivity index (χ3v) is 3.92. The van der Waals surface area contributed by atoms with E-state index in [1.165, 1.54) is 0 Å². The third-order valence-electron chi connectivity index (χ3n) is 3.51. The van der Waals surface area contributed by atoms with E-state index in [2.05, 4.69) is 4.90 Å². The molecular weight excluding hydrogens is 328 g/mol. The number of aliphatic carboxylic acids is 1. The number of hydrogen-bond donors (Lipinski definition) is 1. The quantitative estimate of drug-likeness (QED) is 0.706. The minimum Gasteiger partial charge on any atom is -0.477 e. The van der Waals surface area contributed by atoms with Gasteiger partial charge in [-0.2, -0.15) is 4.39 Å². The SMILES string of the molecule is O=C(O)C(F)(P)OCCN(Cc1ccccc1)Cc1ccccc1. The number of hydrogen-bond acceptors (Lipinski definition) is 3. The second-order valence-corrected chi connectivity index (χ2v) is 6.22. The monoisotopic (exact) mass is 349 g/mol. The Morgan fingerprint density at radius 3 is 1.92 bits per heavy atom. The van der Waals surface area contributed by atoms with Crippen LogP contribution < -0.4 is 0 Å². The van der Waals surface area contributed by atoms with Crippen LogP contribution in [0.4, 0.5) is 4.39 Å². The number of halogens is 1. The molecule has 0 heterocycles. The van der Waals surface area contributed by atoms with E-state index in [0.717, 1.165) is 11.1 Å². The lowest BCUT2D eigenvalue weighted by Crippen LogP contribution is -2.34. The first-order valence-electron chi connectivity index (χ1n) is 7.63. The Labute approximate surface area is 143 Å². The van der Waals surface area contributed by atoms with Gasteiger partial charge in [-0.15, -0.1) is 0 Å². The molecule has 2 aromatic rings. The van der Waals surface area contributed by atoms with Gasteiger partial charge >= 0.3 is 11.6 Å². The van der Waals surface area contributed by atoms with Gasteiger partial charge in [0.1, 0.15) is 0 Å². The Morgan fingerprint density at radius 1 is 1.04 bits per heavy atom. The molecule has 2 atom stereocenters. The summed E-state index contributed by atoms with van der Waals surface area (Å²) >= 11 is 0. The third kappa shape index (κ3) is 6.00. The van der Waals surface area contributed by atoms with Gasteiger partial charge in [0.25, 0.3) is 0 Å². The Hall–Kier alpha value is -1.81. The van der Waals surface area contributed by atoms with Crippen molar-refractivity contribution in [1.29, 1.82) is 0 Å². The molecule has 1 N–H and O–H groups in total. The van der Waals surface area contributed by atoms with Gasteiger partial charge in [0.15, 0.2) is 0 Å². The van der Waals surface area contributed by atoms with Crippen molar-refractivity contribution in [3.8, 4) is 0 Å². The number of nitrogens with zero attached hydrogens (tertiary/aromatic N) is 1. The topological polar surface area (TPSA) is 49.8 Å². The molecule has 0 saturated heterocycles. The average Bonchev–Trinajstić information content (AvgIpc) is 2.56. The van der Waals surface area contributed by atoms with E-state index in [0.29, 0.717) is 19.6 Å². The molecule has 0 amide bonds. The Kier molecular flexibility index (Phi) is 6.85. The summed E-state index contributed by atoms with van der Waals surface area (Å²) in [5.41, 5.74) is -0.487. The number of alkyl halides is 1. The summed E-state index contributed by atoms with van der Waals surface area (Å²) in [4.78, 5) is 12.8. The van der Waals surface area contributed by atoms with E-state index in [9.17, 15) is 9.18 Å². The average molecular weight is 349 g/mol. The normalized spacial score (nSPS) is 13.6. The number of carboxylic acid groups (broad SMARTS) is 1. The van der Waals surface area contributed by atoms with Crippen molar-refractivity contribution >= 4 is 15.2 Å². The molecule has 0 aliphatic heterocycles.